The van der Waals surface area contributed by atoms with Gasteiger partial charge in [0.05, 0.1) is 0 Å². The van der Waals surface area contributed by atoms with Gasteiger partial charge in [0.1, 0.15) is 0 Å². The Hall–Kier alpha value is -0.300. The van der Waals surface area contributed by atoms with E-state index < -0.39 is 0 Å². The Balaban J connectivity index is 2.47. The molecule has 1 nitrogen and oxygen atoms in total. The highest BCUT2D eigenvalue weighted by atomic mass is 14.7. The van der Waals surface area contributed by atoms with Gasteiger partial charge in [0.15, 0.2) is 0 Å². The van der Waals surface area contributed by atoms with Crippen molar-refractivity contribution in [2.75, 3.05) is 0 Å². The van der Waals surface area contributed by atoms with Crippen LogP contribution >= 0.6 is 0 Å². The lowest BCUT2D eigenvalue weighted by molar-refractivity contribution is 1.10. The Bertz CT molecular complexity index is 66.0. The Labute approximate surface area is 31.5 Å². The van der Waals surface area contributed by atoms with Crippen LogP contribution in [0.4, 0.5) is 0 Å². The van der Waals surface area contributed by atoms with Gasteiger partial charge in [-0.25, -0.2) is 0 Å². The van der Waals surface area contributed by atoms with Crippen LogP contribution in [0.1, 0.15) is 6.42 Å². The Morgan fingerprint density at radius 1 is 2.00 bits per heavy atom. The summed E-state index contributed by atoms with van der Waals surface area (Å²) < 4.78 is 0. The molecule has 1 atom stereocenters. The van der Waals surface area contributed by atoms with Crippen molar-refractivity contribution in [3.05, 3.63) is 12.2 Å². The molecule has 2 N–H and O–H groups in total. The molecule has 0 bridgehead atoms. The second-order valence-electron chi connectivity index (χ2n) is 1.47. The Morgan fingerprint density at radius 3 is 2.20 bits per heavy atom. The molecule has 1 aliphatic carbocycles. The molecule has 28 valence electrons. The third-order valence-corrected chi connectivity index (χ3v) is 0.846. The van der Waals surface area contributed by atoms with E-state index in [0.29, 0.717) is 6.04 Å². The quantitative estimate of drug-likeness (QED) is 0.406. The molecule has 0 radical (unpaired) electrons. The van der Waals surface area contributed by atoms with E-state index in [1.807, 2.05) is 0 Å². The molecule has 1 fully saturated rings. The van der Waals surface area contributed by atoms with Crippen LogP contribution in [0.5, 0.6) is 0 Å². The molecule has 0 spiro atoms. The molecule has 1 saturated carbocycles. The van der Waals surface area contributed by atoms with Crippen molar-refractivity contribution in [3.8, 4) is 0 Å². The molecule has 0 amide bonds. The van der Waals surface area contributed by atoms with E-state index >= 15 is 0 Å². The van der Waals surface area contributed by atoms with Crippen molar-refractivity contribution in [1.29, 1.82) is 0 Å². The van der Waals surface area contributed by atoms with E-state index in [1.54, 1.807) is 0 Å². The normalized spacial score (nSPS) is 34.6. The largest absolute Gasteiger partial charge is 0.324 e. The summed E-state index contributed by atoms with van der Waals surface area (Å²) in [6.45, 7) is 3.62. The van der Waals surface area contributed by atoms with Crippen molar-refractivity contribution in [1.82, 2.24) is 0 Å². The van der Waals surface area contributed by atoms with Gasteiger partial charge < -0.3 is 5.73 Å². The fourth-order valence-electron chi connectivity index (χ4n) is 0.224. The van der Waals surface area contributed by atoms with Crippen LogP contribution in [-0.2, 0) is 0 Å². The van der Waals surface area contributed by atoms with Crippen molar-refractivity contribution in [3.63, 3.8) is 0 Å². The molecule has 1 heteroatoms. The average Bonchev–Trinajstić information content (AvgIpc) is 1.79. The first-order valence-corrected chi connectivity index (χ1v) is 1.74. The molecule has 1 rings (SSSR count). The molecule has 0 aromatic rings. The Kier molecular flexibility index (Phi) is 0.350. The van der Waals surface area contributed by atoms with Crippen LogP contribution in [0, 0.1) is 0 Å². The van der Waals surface area contributed by atoms with Crippen molar-refractivity contribution >= 4 is 0 Å². The van der Waals surface area contributed by atoms with Gasteiger partial charge in [0, 0.05) is 6.04 Å². The predicted molar refractivity (Wildman–Crippen MR) is 21.7 cm³/mol. The summed E-state index contributed by atoms with van der Waals surface area (Å²) in [4.78, 5) is 0. The fraction of sp³-hybridized carbons (Fsp3) is 0.500. The fourth-order valence-corrected chi connectivity index (χ4v) is 0.224. The zero-order valence-corrected chi connectivity index (χ0v) is 3.07. The highest BCUT2D eigenvalue weighted by Gasteiger charge is 2.20. The zero-order valence-electron chi connectivity index (χ0n) is 3.07. The van der Waals surface area contributed by atoms with E-state index in [2.05, 4.69) is 6.58 Å². The molecular formula is C4H7N. The van der Waals surface area contributed by atoms with Crippen LogP contribution in [0.2, 0.25) is 0 Å². The van der Waals surface area contributed by atoms with E-state index in [9.17, 15) is 0 Å². The van der Waals surface area contributed by atoms with Gasteiger partial charge in [-0.2, -0.15) is 0 Å². The molecule has 0 unspecified atom stereocenters. The standard InChI is InChI=1S/C4H7N/c1-3-2-4(3)5/h4H,1-2,5H2/t4-/m0/s1. The SMILES string of the molecule is C=C1C[C@@H]1N. The molecule has 0 aromatic carbocycles. The van der Waals surface area contributed by atoms with Crippen molar-refractivity contribution in [2.24, 2.45) is 5.73 Å². The number of hydrogen-bond donors (Lipinski definition) is 1. The highest BCUT2D eigenvalue weighted by Crippen LogP contribution is 2.22. The minimum atomic E-state index is 0.356. The summed E-state index contributed by atoms with van der Waals surface area (Å²) >= 11 is 0. The minimum Gasteiger partial charge on any atom is -0.324 e. The second-order valence-corrected chi connectivity index (χ2v) is 1.47. The van der Waals surface area contributed by atoms with Gasteiger partial charge in [0.25, 0.3) is 0 Å². The predicted octanol–water partition coefficient (Wildman–Crippen LogP) is 0.274. The van der Waals surface area contributed by atoms with Gasteiger partial charge in [-0.05, 0) is 6.42 Å². The second kappa shape index (κ2) is 0.601. The maximum absolute atomic E-state index is 5.27. The molecular weight excluding hydrogens is 62.1 g/mol. The lowest BCUT2D eigenvalue weighted by Crippen LogP contribution is -1.95. The van der Waals surface area contributed by atoms with Crippen LogP contribution in [0.15, 0.2) is 12.2 Å². The number of rotatable bonds is 0. The summed E-state index contributed by atoms with van der Waals surface area (Å²) in [7, 11) is 0. The summed E-state index contributed by atoms with van der Waals surface area (Å²) in [6.07, 6.45) is 1.06. The van der Waals surface area contributed by atoms with Gasteiger partial charge in [-0.1, -0.05) is 12.2 Å². The van der Waals surface area contributed by atoms with E-state index in [4.69, 9.17) is 5.73 Å². The van der Waals surface area contributed by atoms with E-state index in [0.717, 1.165) is 6.42 Å². The summed E-state index contributed by atoms with van der Waals surface area (Å²) in [5, 5.41) is 0. The van der Waals surface area contributed by atoms with Crippen LogP contribution < -0.4 is 5.73 Å². The van der Waals surface area contributed by atoms with Crippen molar-refractivity contribution in [2.45, 2.75) is 12.5 Å². The Morgan fingerprint density at radius 2 is 2.20 bits per heavy atom. The summed E-state index contributed by atoms with van der Waals surface area (Å²) in [5.41, 5.74) is 6.47. The third kappa shape index (κ3) is 0.329. The summed E-state index contributed by atoms with van der Waals surface area (Å²) in [6, 6.07) is 0.356. The zero-order chi connectivity index (χ0) is 3.86. The maximum Gasteiger partial charge on any atom is 0.0289 e. The molecule has 1 aliphatic rings. The first kappa shape index (κ1) is 2.91. The van der Waals surface area contributed by atoms with Gasteiger partial charge in [-0.3, -0.25) is 0 Å². The average molecular weight is 69.1 g/mol. The smallest absolute Gasteiger partial charge is 0.0289 e. The van der Waals surface area contributed by atoms with Crippen LogP contribution in [-0.4, -0.2) is 6.04 Å². The van der Waals surface area contributed by atoms with E-state index in [1.165, 1.54) is 5.57 Å². The topological polar surface area (TPSA) is 26.0 Å². The number of nitrogens with two attached hydrogens (primary N) is 1. The van der Waals surface area contributed by atoms with Crippen LogP contribution in [0.25, 0.3) is 0 Å². The monoisotopic (exact) mass is 69.1 g/mol. The first-order valence-electron chi connectivity index (χ1n) is 1.74. The number of hydrogen-bond acceptors (Lipinski definition) is 1. The van der Waals surface area contributed by atoms with Gasteiger partial charge in [-0.15, -0.1) is 0 Å². The maximum atomic E-state index is 5.27. The third-order valence-electron chi connectivity index (χ3n) is 0.846. The van der Waals surface area contributed by atoms with E-state index in [-0.39, 0.29) is 0 Å². The lowest BCUT2D eigenvalue weighted by Gasteiger charge is -1.61. The molecule has 0 saturated heterocycles. The molecule has 0 heterocycles. The molecule has 5 heavy (non-hydrogen) atoms. The summed E-state index contributed by atoms with van der Waals surface area (Å²) in [5.74, 6) is 0. The highest BCUT2D eigenvalue weighted by molar-refractivity contribution is 5.22. The van der Waals surface area contributed by atoms with Gasteiger partial charge >= 0.3 is 0 Å². The van der Waals surface area contributed by atoms with Crippen molar-refractivity contribution < 1.29 is 0 Å². The van der Waals surface area contributed by atoms with Gasteiger partial charge in [0.2, 0.25) is 0 Å². The first-order chi connectivity index (χ1) is 2.30. The lowest BCUT2D eigenvalue weighted by atomic mass is 10.7. The molecule has 0 aromatic heterocycles. The minimum absolute atomic E-state index is 0.356. The molecule has 0 aliphatic heterocycles. The van der Waals surface area contributed by atoms with Crippen LogP contribution in [0.3, 0.4) is 0 Å².